The van der Waals surface area contributed by atoms with Gasteiger partial charge in [0, 0.05) is 67.4 Å². The molecule has 2 aromatic rings. The number of nitrogen functional groups attached to an aromatic ring is 1. The van der Waals surface area contributed by atoms with Crippen molar-refractivity contribution in [2.24, 2.45) is 10.4 Å². The number of likely N-dealkylation sites (tertiary alicyclic amines) is 2. The summed E-state index contributed by atoms with van der Waals surface area (Å²) in [6, 6.07) is 2.88. The van der Waals surface area contributed by atoms with Crippen LogP contribution < -0.4 is 11.0 Å². The largest absolute Gasteiger partial charge is 0.477 e. The zero-order valence-corrected chi connectivity index (χ0v) is 38.8. The van der Waals surface area contributed by atoms with Crippen molar-refractivity contribution in [3.63, 3.8) is 0 Å². The summed E-state index contributed by atoms with van der Waals surface area (Å²) in [6.07, 6.45) is 12.8. The van der Waals surface area contributed by atoms with Gasteiger partial charge in [-0.25, -0.2) is 4.39 Å². The summed E-state index contributed by atoms with van der Waals surface area (Å²) in [5.74, 6) is 1.07. The van der Waals surface area contributed by atoms with Crippen molar-refractivity contribution >= 4 is 48.1 Å². The summed E-state index contributed by atoms with van der Waals surface area (Å²) in [7, 11) is 2.93. The molecular weight excluding hydrogens is 795 g/mol. The van der Waals surface area contributed by atoms with Gasteiger partial charge in [-0.05, 0) is 98.5 Å². The number of amidine groups is 1. The molecule has 4 aliphatic heterocycles. The average Bonchev–Trinajstić information content (AvgIpc) is 3.53. The molecule has 1 aromatic carbocycles. The van der Waals surface area contributed by atoms with Crippen LogP contribution in [0.1, 0.15) is 136 Å². The molecule has 10 nitrogen and oxygen atoms in total. The SMILES string of the molecule is C=C(c1c(/C(F)=C\C)sc(N)c1C#N)c1c(P)c(C)c(/C(=N\C(=C\CCC)OCC2(CN3CCC3CO)CC2)N2C3CCC2CN(CC(C)O)C3)c2c1COC2.CCCC. The molecule has 3 saturated heterocycles. The molecule has 7 rings (SSSR count). The summed E-state index contributed by atoms with van der Waals surface area (Å²) >= 11 is 1.07. The van der Waals surface area contributed by atoms with Gasteiger partial charge in [0.1, 0.15) is 22.7 Å². The third-order valence-corrected chi connectivity index (χ3v) is 14.7. The highest BCUT2D eigenvalue weighted by Crippen LogP contribution is 2.49. The number of aliphatic imine (C=N–C) groups is 1. The van der Waals surface area contributed by atoms with Crippen LogP contribution in [-0.2, 0) is 22.7 Å². The minimum atomic E-state index is -0.442. The first kappa shape index (κ1) is 46.4. The zero-order chi connectivity index (χ0) is 43.3. The predicted molar refractivity (Wildman–Crippen MR) is 247 cm³/mol. The van der Waals surface area contributed by atoms with Crippen LogP contribution in [0.4, 0.5) is 9.39 Å². The Hall–Kier alpha value is -3.14. The molecule has 5 unspecified atom stereocenters. The molecule has 328 valence electrons. The number of allylic oxidation sites excluding steroid dienone is 2. The summed E-state index contributed by atoms with van der Waals surface area (Å²) in [4.78, 5) is 13.2. The number of benzene rings is 1. The van der Waals surface area contributed by atoms with Crippen molar-refractivity contribution in [1.29, 1.82) is 5.26 Å². The van der Waals surface area contributed by atoms with Crippen LogP contribution in [0, 0.1) is 23.7 Å². The maximum Gasteiger partial charge on any atom is 0.211 e. The lowest BCUT2D eigenvalue weighted by Gasteiger charge is -2.44. The van der Waals surface area contributed by atoms with E-state index in [9.17, 15) is 15.5 Å². The molecule has 4 N–H and O–H groups in total. The highest BCUT2D eigenvalue weighted by molar-refractivity contribution is 7.28. The fraction of sp³-hybridized carbons (Fsp3) is 0.617. The number of nitrogens with two attached hydrogens (primary N) is 1. The van der Waals surface area contributed by atoms with Gasteiger partial charge in [0.05, 0.1) is 43.0 Å². The third-order valence-electron chi connectivity index (χ3n) is 13.0. The van der Waals surface area contributed by atoms with Gasteiger partial charge in [-0.1, -0.05) is 52.7 Å². The molecule has 5 heterocycles. The van der Waals surface area contributed by atoms with Crippen molar-refractivity contribution in [2.75, 3.05) is 51.7 Å². The highest BCUT2D eigenvalue weighted by Gasteiger charge is 2.48. The lowest BCUT2D eigenvalue weighted by Crippen LogP contribution is -2.57. The molecule has 1 saturated carbocycles. The normalized spacial score (nSPS) is 23.1. The van der Waals surface area contributed by atoms with E-state index in [1.54, 1.807) is 6.92 Å². The molecule has 5 aliphatic rings. The quantitative estimate of drug-likeness (QED) is 0.0665. The Morgan fingerprint density at radius 1 is 1.13 bits per heavy atom. The number of hydrogen-bond acceptors (Lipinski definition) is 10. The fourth-order valence-electron chi connectivity index (χ4n) is 9.21. The Bertz CT molecular complexity index is 2000. The maximum atomic E-state index is 15.4. The number of hydrogen-bond donors (Lipinski definition) is 3. The minimum Gasteiger partial charge on any atom is -0.477 e. The van der Waals surface area contributed by atoms with Gasteiger partial charge >= 0.3 is 0 Å². The predicted octanol–water partition coefficient (Wildman–Crippen LogP) is 8.02. The number of β-amino-alcohol motifs (C(OH)–C–C–N with tert-alkyl or cyclic N) is 1. The highest BCUT2D eigenvalue weighted by atomic mass is 32.1. The number of rotatable bonds is 16. The van der Waals surface area contributed by atoms with E-state index in [4.69, 9.17) is 20.2 Å². The van der Waals surface area contributed by atoms with Crippen LogP contribution in [0.25, 0.3) is 11.4 Å². The van der Waals surface area contributed by atoms with Gasteiger partial charge in [-0.2, -0.15) is 10.3 Å². The number of aliphatic hydroxyl groups excluding tert-OH is 2. The number of nitrogens with zero attached hydrogens (tertiary/aromatic N) is 5. The molecule has 4 fully saturated rings. The van der Waals surface area contributed by atoms with Crippen LogP contribution in [-0.4, -0.2) is 101 Å². The average molecular weight is 863 g/mol. The smallest absolute Gasteiger partial charge is 0.211 e. The summed E-state index contributed by atoms with van der Waals surface area (Å²) < 4.78 is 28.4. The second kappa shape index (κ2) is 20.4. The van der Waals surface area contributed by atoms with Crippen molar-refractivity contribution in [2.45, 2.75) is 137 Å². The van der Waals surface area contributed by atoms with Gasteiger partial charge in [0.25, 0.3) is 0 Å². The number of ether oxygens (including phenoxy) is 2. The Labute approximate surface area is 364 Å². The van der Waals surface area contributed by atoms with Gasteiger partial charge < -0.3 is 30.3 Å². The second-order valence-corrected chi connectivity index (χ2v) is 19.2. The summed E-state index contributed by atoms with van der Waals surface area (Å²) in [5.41, 5.74) is 12.4. The third kappa shape index (κ3) is 9.73. The number of nitriles is 1. The van der Waals surface area contributed by atoms with Crippen molar-refractivity contribution in [3.05, 3.63) is 68.4 Å². The molecule has 13 heteroatoms. The van der Waals surface area contributed by atoms with E-state index in [2.05, 4.69) is 70.4 Å². The minimum absolute atomic E-state index is 0.0688. The van der Waals surface area contributed by atoms with Crippen LogP contribution >= 0.6 is 20.6 Å². The van der Waals surface area contributed by atoms with E-state index in [1.807, 2.05) is 6.92 Å². The molecule has 1 aromatic heterocycles. The first-order chi connectivity index (χ1) is 28.8. The fourth-order valence-corrected chi connectivity index (χ4v) is 10.7. The topological polar surface area (TPSA) is 131 Å². The van der Waals surface area contributed by atoms with Crippen LogP contribution in [0.5, 0.6) is 0 Å². The van der Waals surface area contributed by atoms with E-state index in [0.717, 1.165) is 121 Å². The lowest BCUT2D eigenvalue weighted by atomic mass is 9.86. The number of anilines is 1. The van der Waals surface area contributed by atoms with E-state index in [-0.39, 0.29) is 40.7 Å². The zero-order valence-electron chi connectivity index (χ0n) is 36.8. The van der Waals surface area contributed by atoms with E-state index >= 15 is 4.39 Å². The van der Waals surface area contributed by atoms with Gasteiger partial charge in [0.15, 0.2) is 0 Å². The summed E-state index contributed by atoms with van der Waals surface area (Å²) in [5, 5.41) is 31.5. The Kier molecular flexibility index (Phi) is 15.7. The monoisotopic (exact) mass is 862 g/mol. The lowest BCUT2D eigenvalue weighted by molar-refractivity contribution is 0.0110. The van der Waals surface area contributed by atoms with Crippen molar-refractivity contribution in [3.8, 4) is 6.07 Å². The number of halogens is 1. The number of piperazine rings is 1. The Morgan fingerprint density at radius 3 is 2.33 bits per heavy atom. The molecular formula is C47H68FN6O4PS. The standard InChI is InChI=1S/C43H58FN6O4PS.C4H10/c1-6-8-9-35(54-24-43(13-14-43)23-49-15-12-30(49)20-51)47-42(50-28-10-11-29(50)19-48(18-28)17-25(3)52)38-27(5)39(55)36(32-21-53-22-33(32)38)26(4)37-31(16-45)41(46)56-40(37)34(44)7-2;1-3-4-2/h7,9,25,28-30,51-52H,4,6,8,10-15,17-24,46,55H2,1-3,5H3;3-4H2,1-2H3/b34-7+,35-9-,47-42+;. The molecule has 5 atom stereocenters. The maximum absolute atomic E-state index is 15.4. The Balaban J connectivity index is 0.00000144. The second-order valence-electron chi connectivity index (χ2n) is 17.5. The van der Waals surface area contributed by atoms with E-state index in [1.165, 1.54) is 18.9 Å². The van der Waals surface area contributed by atoms with Crippen LogP contribution in [0.3, 0.4) is 0 Å². The van der Waals surface area contributed by atoms with Gasteiger partial charge in [-0.15, -0.1) is 20.6 Å². The summed E-state index contributed by atoms with van der Waals surface area (Å²) in [6.45, 7) is 22.4. The number of thiophene rings is 1. The number of fused-ring (bicyclic) bond motifs is 3. The van der Waals surface area contributed by atoms with E-state index in [0.29, 0.717) is 48.3 Å². The first-order valence-corrected chi connectivity index (χ1v) is 23.6. The van der Waals surface area contributed by atoms with E-state index < -0.39 is 11.9 Å². The molecule has 0 amide bonds. The number of unbranched alkanes of at least 4 members (excludes halogenated alkanes) is 2. The number of aliphatic hydroxyl groups is 2. The van der Waals surface area contributed by atoms with Crippen LogP contribution in [0.15, 0.2) is 29.6 Å². The molecule has 2 bridgehead atoms. The van der Waals surface area contributed by atoms with Crippen molar-refractivity contribution in [1.82, 2.24) is 14.7 Å². The molecule has 0 spiro atoms. The van der Waals surface area contributed by atoms with Gasteiger partial charge in [0.2, 0.25) is 5.88 Å². The molecule has 0 radical (unpaired) electrons. The van der Waals surface area contributed by atoms with Crippen LogP contribution in [0.2, 0.25) is 0 Å². The van der Waals surface area contributed by atoms with Gasteiger partial charge in [-0.3, -0.25) is 9.80 Å². The first-order valence-electron chi connectivity index (χ1n) is 22.2. The Morgan fingerprint density at radius 2 is 1.80 bits per heavy atom. The molecule has 60 heavy (non-hydrogen) atoms. The molecule has 1 aliphatic carbocycles. The van der Waals surface area contributed by atoms with Crippen molar-refractivity contribution < 1.29 is 24.1 Å².